The molecule has 2 aliphatic heterocycles. The number of carbonyl (C=O) groups is 2. The summed E-state index contributed by atoms with van der Waals surface area (Å²) >= 11 is 0. The van der Waals surface area contributed by atoms with E-state index in [0.29, 0.717) is 12.8 Å². The molecule has 2 aliphatic rings. The first-order chi connectivity index (χ1) is 16.1. The fourth-order valence-corrected chi connectivity index (χ4v) is 5.69. The number of rotatable bonds is 5. The van der Waals surface area contributed by atoms with E-state index in [1.807, 2.05) is 6.07 Å². The summed E-state index contributed by atoms with van der Waals surface area (Å²) in [7, 11) is -2.70. The van der Waals surface area contributed by atoms with Gasteiger partial charge in [-0.15, -0.1) is 0 Å². The summed E-state index contributed by atoms with van der Waals surface area (Å²) in [5, 5.41) is 0. The summed E-state index contributed by atoms with van der Waals surface area (Å²) in [5.41, 5.74) is -0.0887. The Morgan fingerprint density at radius 1 is 1.06 bits per heavy atom. The highest BCUT2D eigenvalue weighted by molar-refractivity contribution is 6.69. The number of alkyl halides is 3. The number of hydrogen-bond donors (Lipinski definition) is 0. The number of benzene rings is 1. The average molecular weight is 517 g/mol. The molecule has 0 radical (unpaired) electrons. The number of ether oxygens (including phenoxy) is 2. The lowest BCUT2D eigenvalue weighted by Gasteiger charge is -2.49. The smallest absolute Gasteiger partial charge is 0.415 e. The molecule has 0 aliphatic carbocycles. The van der Waals surface area contributed by atoms with Gasteiger partial charge >= 0.3 is 18.4 Å². The number of fused-ring (bicyclic) bond motifs is 2. The van der Waals surface area contributed by atoms with E-state index in [9.17, 15) is 22.8 Å². The second-order valence-corrected chi connectivity index (χ2v) is 15.5. The highest BCUT2D eigenvalue weighted by Gasteiger charge is 2.60. The van der Waals surface area contributed by atoms with Crippen LogP contribution in [0.2, 0.25) is 19.6 Å². The predicted octanol–water partition coefficient (Wildman–Crippen LogP) is 5.56. The van der Waals surface area contributed by atoms with Gasteiger partial charge in [0.2, 0.25) is 0 Å². The van der Waals surface area contributed by atoms with Gasteiger partial charge in [-0.25, -0.2) is 9.59 Å². The summed E-state index contributed by atoms with van der Waals surface area (Å²) in [6.07, 6.45) is -7.78. The van der Waals surface area contributed by atoms with Gasteiger partial charge in [0.25, 0.3) is 0 Å². The third kappa shape index (κ3) is 6.90. The number of amides is 2. The van der Waals surface area contributed by atoms with Crippen molar-refractivity contribution < 1.29 is 36.7 Å². The predicted molar refractivity (Wildman–Crippen MR) is 126 cm³/mol. The van der Waals surface area contributed by atoms with Gasteiger partial charge < -0.3 is 13.9 Å². The lowest BCUT2D eigenvalue weighted by atomic mass is 9.97. The van der Waals surface area contributed by atoms with Crippen LogP contribution in [0, 0.1) is 0 Å². The molecule has 0 aromatic heterocycles. The molecule has 1 aromatic rings. The van der Waals surface area contributed by atoms with Crippen molar-refractivity contribution in [2.45, 2.75) is 95.9 Å². The van der Waals surface area contributed by atoms with Gasteiger partial charge in [0.15, 0.2) is 14.4 Å². The van der Waals surface area contributed by atoms with Crippen LogP contribution < -0.4 is 0 Å². The standard InChI is InChI=1S/C24H35F3N2O5Si/c1-23(2,3)33-22(31)29-17-12-13-18(29)19(20(24(25,26)27)34-35(4,5)6)28(14-17)21(30)32-15-16-10-8-7-9-11-16/h7-11,17-20H,12-15H2,1-6H3/t17-,18+,19+,20-/m1/s1. The minimum Gasteiger partial charge on any atom is -0.445 e. The van der Waals surface area contributed by atoms with Gasteiger partial charge in [-0.1, -0.05) is 30.3 Å². The molecular formula is C24H35F3N2O5Si. The van der Waals surface area contributed by atoms with Crippen LogP contribution in [0.25, 0.3) is 0 Å². The summed E-state index contributed by atoms with van der Waals surface area (Å²) in [6.45, 7) is 9.94. The second kappa shape index (κ2) is 10.0. The lowest BCUT2D eigenvalue weighted by molar-refractivity contribution is -0.222. The van der Waals surface area contributed by atoms with Gasteiger partial charge in [-0.3, -0.25) is 9.80 Å². The Hall–Kier alpha value is -2.27. The number of piperazine rings is 1. The van der Waals surface area contributed by atoms with E-state index >= 15 is 0 Å². The Kier molecular flexibility index (Phi) is 7.81. The monoisotopic (exact) mass is 516 g/mol. The number of halogens is 3. The van der Waals surface area contributed by atoms with Gasteiger partial charge in [0.1, 0.15) is 12.2 Å². The molecule has 0 saturated carbocycles. The Bertz CT molecular complexity index is 901. The van der Waals surface area contributed by atoms with Crippen molar-refractivity contribution in [2.75, 3.05) is 6.54 Å². The van der Waals surface area contributed by atoms with Crippen molar-refractivity contribution in [1.29, 1.82) is 0 Å². The molecule has 35 heavy (non-hydrogen) atoms. The maximum absolute atomic E-state index is 14.4. The van der Waals surface area contributed by atoms with Crippen LogP contribution >= 0.6 is 0 Å². The molecule has 2 saturated heterocycles. The summed E-state index contributed by atoms with van der Waals surface area (Å²) in [5.74, 6) is 0. The molecule has 0 spiro atoms. The van der Waals surface area contributed by atoms with Crippen LogP contribution in [0.1, 0.15) is 39.2 Å². The summed E-state index contributed by atoms with van der Waals surface area (Å²) < 4.78 is 59.9. The Morgan fingerprint density at radius 2 is 1.69 bits per heavy atom. The summed E-state index contributed by atoms with van der Waals surface area (Å²) in [6, 6.07) is 6.10. The maximum atomic E-state index is 14.4. The quantitative estimate of drug-likeness (QED) is 0.480. The third-order valence-electron chi connectivity index (χ3n) is 5.87. The van der Waals surface area contributed by atoms with Crippen molar-refractivity contribution in [3.05, 3.63) is 35.9 Å². The van der Waals surface area contributed by atoms with Gasteiger partial charge in [0, 0.05) is 6.54 Å². The zero-order valence-electron chi connectivity index (χ0n) is 21.1. The molecule has 0 unspecified atom stereocenters. The highest BCUT2D eigenvalue weighted by Crippen LogP contribution is 2.42. The van der Waals surface area contributed by atoms with Crippen molar-refractivity contribution in [2.24, 2.45) is 0 Å². The number of hydrogen-bond acceptors (Lipinski definition) is 5. The number of nitrogens with zero attached hydrogens (tertiary/aromatic N) is 2. The Labute approximate surface area is 205 Å². The van der Waals surface area contributed by atoms with E-state index in [-0.39, 0.29) is 13.2 Å². The van der Waals surface area contributed by atoms with Crippen LogP contribution in [-0.2, 0) is 20.5 Å². The van der Waals surface area contributed by atoms with E-state index in [1.54, 1.807) is 64.7 Å². The minimum absolute atomic E-state index is 0.0699. The van der Waals surface area contributed by atoms with Gasteiger partial charge in [-0.2, -0.15) is 13.2 Å². The molecule has 3 rings (SSSR count). The van der Waals surface area contributed by atoms with Gasteiger partial charge in [0.05, 0.1) is 18.1 Å². The van der Waals surface area contributed by atoms with Crippen LogP contribution in [0.5, 0.6) is 0 Å². The molecule has 0 N–H and O–H groups in total. The molecule has 2 heterocycles. The molecule has 2 fully saturated rings. The topological polar surface area (TPSA) is 68.3 Å². The highest BCUT2D eigenvalue weighted by atomic mass is 28.4. The van der Waals surface area contributed by atoms with Gasteiger partial charge in [-0.05, 0) is 58.8 Å². The zero-order chi connectivity index (χ0) is 26.2. The molecule has 7 nitrogen and oxygen atoms in total. The molecule has 1 aromatic carbocycles. The van der Waals surface area contributed by atoms with Crippen molar-refractivity contribution in [1.82, 2.24) is 9.80 Å². The van der Waals surface area contributed by atoms with Crippen LogP contribution in [0.3, 0.4) is 0 Å². The van der Waals surface area contributed by atoms with E-state index in [0.717, 1.165) is 10.5 Å². The molecule has 2 amide bonds. The van der Waals surface area contributed by atoms with E-state index in [2.05, 4.69) is 0 Å². The number of likely N-dealkylation sites (tertiary alicyclic amines) is 1. The van der Waals surface area contributed by atoms with E-state index in [1.165, 1.54) is 4.90 Å². The fraction of sp³-hybridized carbons (Fsp3) is 0.667. The number of carbonyl (C=O) groups excluding carboxylic acids is 2. The van der Waals surface area contributed by atoms with Crippen molar-refractivity contribution >= 4 is 20.5 Å². The van der Waals surface area contributed by atoms with Crippen molar-refractivity contribution in [3.8, 4) is 0 Å². The summed E-state index contributed by atoms with van der Waals surface area (Å²) in [4.78, 5) is 28.7. The molecule has 4 atom stereocenters. The molecule has 196 valence electrons. The molecular weight excluding hydrogens is 481 g/mol. The first kappa shape index (κ1) is 27.3. The zero-order valence-corrected chi connectivity index (χ0v) is 22.1. The maximum Gasteiger partial charge on any atom is 0.415 e. The largest absolute Gasteiger partial charge is 0.445 e. The Balaban J connectivity index is 1.94. The van der Waals surface area contributed by atoms with Crippen LogP contribution in [0.15, 0.2) is 30.3 Å². The fourth-order valence-electron chi connectivity index (χ4n) is 4.66. The van der Waals surface area contributed by atoms with Crippen LogP contribution in [-0.4, -0.2) is 72.9 Å². The SMILES string of the molecule is CC(C)(C)OC(=O)N1[C@@H]2CC[C@H]1[C@@H]([C@@H](O[Si](C)(C)C)C(F)(F)F)N(C(=O)OCc1ccccc1)C2. The average Bonchev–Trinajstić information content (AvgIpc) is 3.03. The van der Waals surface area contributed by atoms with E-state index < -0.39 is 56.5 Å². The normalized spacial score (nSPS) is 23.7. The molecule has 2 bridgehead atoms. The lowest BCUT2D eigenvalue weighted by Crippen LogP contribution is -2.69. The second-order valence-electron chi connectivity index (χ2n) is 11.1. The first-order valence-electron chi connectivity index (χ1n) is 11.8. The van der Waals surface area contributed by atoms with E-state index in [4.69, 9.17) is 13.9 Å². The molecule has 11 heteroatoms. The minimum atomic E-state index is -4.75. The third-order valence-corrected chi connectivity index (χ3v) is 6.83. The van der Waals surface area contributed by atoms with Crippen LogP contribution in [0.4, 0.5) is 22.8 Å². The van der Waals surface area contributed by atoms with Crippen molar-refractivity contribution in [3.63, 3.8) is 0 Å². The first-order valence-corrected chi connectivity index (χ1v) is 15.2. The Morgan fingerprint density at radius 3 is 2.23 bits per heavy atom.